The highest BCUT2D eigenvalue weighted by atomic mass is 32.1. The van der Waals surface area contributed by atoms with Crippen LogP contribution in [0.1, 0.15) is 30.5 Å². The SMILES string of the molecule is CCC1CN(Cc2nc(C)cs2)CCC1O. The zero-order chi connectivity index (χ0) is 11.5. The average Bonchev–Trinajstić information content (AvgIpc) is 2.67. The van der Waals surface area contributed by atoms with Crippen LogP contribution in [0.15, 0.2) is 5.38 Å². The molecule has 4 heteroatoms. The number of thiazole rings is 1. The van der Waals surface area contributed by atoms with Gasteiger partial charge in [0.1, 0.15) is 5.01 Å². The molecule has 0 bridgehead atoms. The summed E-state index contributed by atoms with van der Waals surface area (Å²) in [7, 11) is 0. The van der Waals surface area contributed by atoms with Gasteiger partial charge in [-0.1, -0.05) is 6.92 Å². The molecule has 0 aromatic carbocycles. The van der Waals surface area contributed by atoms with Crippen molar-refractivity contribution in [2.75, 3.05) is 13.1 Å². The Hall–Kier alpha value is -0.450. The Morgan fingerprint density at radius 3 is 3.06 bits per heavy atom. The Bertz CT molecular complexity index is 340. The van der Waals surface area contributed by atoms with Crippen molar-refractivity contribution in [2.45, 2.75) is 39.3 Å². The third-order valence-corrected chi connectivity index (χ3v) is 4.28. The first-order chi connectivity index (χ1) is 7.69. The summed E-state index contributed by atoms with van der Waals surface area (Å²) < 4.78 is 0. The van der Waals surface area contributed by atoms with Crippen molar-refractivity contribution in [3.63, 3.8) is 0 Å². The fourth-order valence-corrected chi connectivity index (χ4v) is 3.12. The summed E-state index contributed by atoms with van der Waals surface area (Å²) in [6.07, 6.45) is 1.87. The van der Waals surface area contributed by atoms with E-state index in [2.05, 4.69) is 22.2 Å². The summed E-state index contributed by atoms with van der Waals surface area (Å²) in [4.78, 5) is 6.90. The smallest absolute Gasteiger partial charge is 0.107 e. The zero-order valence-corrected chi connectivity index (χ0v) is 10.8. The van der Waals surface area contributed by atoms with Crippen LogP contribution < -0.4 is 0 Å². The molecule has 1 aromatic heterocycles. The van der Waals surface area contributed by atoms with Crippen LogP contribution in [0.4, 0.5) is 0 Å². The summed E-state index contributed by atoms with van der Waals surface area (Å²) in [5.41, 5.74) is 1.11. The molecule has 16 heavy (non-hydrogen) atoms. The standard InChI is InChI=1S/C12H20N2OS/c1-3-10-6-14(5-4-11(10)15)7-12-13-9(2)8-16-12/h8,10-11,15H,3-7H2,1-2H3. The van der Waals surface area contributed by atoms with Gasteiger partial charge >= 0.3 is 0 Å². The van der Waals surface area contributed by atoms with E-state index in [9.17, 15) is 5.11 Å². The minimum absolute atomic E-state index is 0.0979. The van der Waals surface area contributed by atoms with E-state index >= 15 is 0 Å². The maximum atomic E-state index is 9.82. The van der Waals surface area contributed by atoms with Crippen LogP contribution >= 0.6 is 11.3 Å². The predicted octanol–water partition coefficient (Wildman–Crippen LogP) is 2.04. The number of nitrogens with zero attached hydrogens (tertiary/aromatic N) is 2. The van der Waals surface area contributed by atoms with Crippen molar-refractivity contribution >= 4 is 11.3 Å². The molecule has 0 radical (unpaired) electrons. The molecule has 3 nitrogen and oxygen atoms in total. The van der Waals surface area contributed by atoms with Crippen molar-refractivity contribution in [1.29, 1.82) is 0 Å². The maximum Gasteiger partial charge on any atom is 0.107 e. The number of hydrogen-bond donors (Lipinski definition) is 1. The molecule has 1 aliphatic heterocycles. The van der Waals surface area contributed by atoms with Crippen molar-refractivity contribution in [2.24, 2.45) is 5.92 Å². The minimum atomic E-state index is -0.0979. The van der Waals surface area contributed by atoms with Crippen LogP contribution in [0.2, 0.25) is 0 Å². The molecule has 0 saturated carbocycles. The summed E-state index contributed by atoms with van der Waals surface area (Å²) in [6, 6.07) is 0. The Morgan fingerprint density at radius 2 is 2.44 bits per heavy atom. The first-order valence-corrected chi connectivity index (χ1v) is 6.88. The second-order valence-electron chi connectivity index (χ2n) is 4.64. The van der Waals surface area contributed by atoms with Crippen LogP contribution in [-0.2, 0) is 6.54 Å². The van der Waals surface area contributed by atoms with E-state index in [-0.39, 0.29) is 6.10 Å². The van der Waals surface area contributed by atoms with Crippen LogP contribution in [0.5, 0.6) is 0 Å². The van der Waals surface area contributed by atoms with Gasteiger partial charge in [-0.3, -0.25) is 4.90 Å². The molecule has 90 valence electrons. The van der Waals surface area contributed by atoms with E-state index in [1.54, 1.807) is 11.3 Å². The molecular formula is C12H20N2OS. The molecule has 2 heterocycles. The highest BCUT2D eigenvalue weighted by molar-refractivity contribution is 7.09. The number of rotatable bonds is 3. The second kappa shape index (κ2) is 5.25. The fourth-order valence-electron chi connectivity index (χ4n) is 2.31. The van der Waals surface area contributed by atoms with Gasteiger partial charge in [-0.15, -0.1) is 11.3 Å². The van der Waals surface area contributed by atoms with E-state index in [0.29, 0.717) is 5.92 Å². The molecule has 1 N–H and O–H groups in total. The Balaban J connectivity index is 1.91. The molecule has 1 fully saturated rings. The first-order valence-electron chi connectivity index (χ1n) is 6.00. The minimum Gasteiger partial charge on any atom is -0.393 e. The molecule has 1 aliphatic rings. The fraction of sp³-hybridized carbons (Fsp3) is 0.750. The number of likely N-dealkylation sites (tertiary alicyclic amines) is 1. The van der Waals surface area contributed by atoms with Gasteiger partial charge in [-0.05, 0) is 25.7 Å². The van der Waals surface area contributed by atoms with Crippen molar-refractivity contribution in [3.05, 3.63) is 16.1 Å². The normalized spacial score (nSPS) is 27.2. The molecule has 0 amide bonds. The highest BCUT2D eigenvalue weighted by Crippen LogP contribution is 2.22. The molecule has 1 aromatic rings. The number of hydrogen-bond acceptors (Lipinski definition) is 4. The third-order valence-electron chi connectivity index (χ3n) is 3.33. The van der Waals surface area contributed by atoms with E-state index in [0.717, 1.165) is 38.2 Å². The van der Waals surface area contributed by atoms with Gasteiger partial charge in [0.15, 0.2) is 0 Å². The second-order valence-corrected chi connectivity index (χ2v) is 5.58. The van der Waals surface area contributed by atoms with Crippen LogP contribution in [0.3, 0.4) is 0 Å². The number of aromatic nitrogens is 1. The topological polar surface area (TPSA) is 36.4 Å². The number of piperidine rings is 1. The van der Waals surface area contributed by atoms with Gasteiger partial charge in [0.05, 0.1) is 12.6 Å². The lowest BCUT2D eigenvalue weighted by Gasteiger charge is -2.35. The summed E-state index contributed by atoms with van der Waals surface area (Å²) in [5.74, 6) is 0.440. The Morgan fingerprint density at radius 1 is 1.62 bits per heavy atom. The maximum absolute atomic E-state index is 9.82. The van der Waals surface area contributed by atoms with E-state index < -0.39 is 0 Å². The van der Waals surface area contributed by atoms with Crippen LogP contribution in [0.25, 0.3) is 0 Å². The molecule has 1 saturated heterocycles. The molecular weight excluding hydrogens is 220 g/mol. The van der Waals surface area contributed by atoms with E-state index in [1.807, 2.05) is 6.92 Å². The van der Waals surface area contributed by atoms with Crippen LogP contribution in [0, 0.1) is 12.8 Å². The lowest BCUT2D eigenvalue weighted by molar-refractivity contribution is 0.0221. The molecule has 0 spiro atoms. The number of aryl methyl sites for hydroxylation is 1. The zero-order valence-electron chi connectivity index (χ0n) is 10.0. The van der Waals surface area contributed by atoms with Crippen molar-refractivity contribution in [3.8, 4) is 0 Å². The molecule has 2 atom stereocenters. The molecule has 2 unspecified atom stereocenters. The monoisotopic (exact) mass is 240 g/mol. The van der Waals surface area contributed by atoms with Gasteiger partial charge in [0.25, 0.3) is 0 Å². The van der Waals surface area contributed by atoms with Gasteiger partial charge in [0.2, 0.25) is 0 Å². The summed E-state index contributed by atoms with van der Waals surface area (Å²) in [6.45, 7) is 7.15. The average molecular weight is 240 g/mol. The lowest BCUT2D eigenvalue weighted by atomic mass is 9.92. The quantitative estimate of drug-likeness (QED) is 0.878. The Labute approximate surface area is 101 Å². The third kappa shape index (κ3) is 2.81. The molecule has 0 aliphatic carbocycles. The van der Waals surface area contributed by atoms with E-state index in [4.69, 9.17) is 0 Å². The molecule has 2 rings (SSSR count). The van der Waals surface area contributed by atoms with Gasteiger partial charge < -0.3 is 5.11 Å². The largest absolute Gasteiger partial charge is 0.393 e. The number of aliphatic hydroxyl groups excluding tert-OH is 1. The van der Waals surface area contributed by atoms with Gasteiger partial charge in [-0.25, -0.2) is 4.98 Å². The predicted molar refractivity (Wildman–Crippen MR) is 66.5 cm³/mol. The summed E-state index contributed by atoms with van der Waals surface area (Å²) in [5, 5.41) is 13.1. The highest BCUT2D eigenvalue weighted by Gasteiger charge is 2.26. The first kappa shape index (κ1) is 12.0. The van der Waals surface area contributed by atoms with Crippen LogP contribution in [-0.4, -0.2) is 34.2 Å². The summed E-state index contributed by atoms with van der Waals surface area (Å²) >= 11 is 1.74. The lowest BCUT2D eigenvalue weighted by Crippen LogP contribution is -2.42. The number of aliphatic hydroxyl groups is 1. The van der Waals surface area contributed by atoms with Crippen molar-refractivity contribution < 1.29 is 5.11 Å². The van der Waals surface area contributed by atoms with Gasteiger partial charge in [0, 0.05) is 24.2 Å². The van der Waals surface area contributed by atoms with E-state index in [1.165, 1.54) is 5.01 Å². The van der Waals surface area contributed by atoms with Gasteiger partial charge in [-0.2, -0.15) is 0 Å². The Kier molecular flexibility index (Phi) is 3.95. The van der Waals surface area contributed by atoms with Crippen molar-refractivity contribution in [1.82, 2.24) is 9.88 Å².